The number of rotatable bonds is 7. The molecule has 0 spiro atoms. The van der Waals surface area contributed by atoms with E-state index in [1.807, 2.05) is 14.0 Å². The topological polar surface area (TPSA) is 79.3 Å². The number of nitrogens with one attached hydrogen (secondary N) is 2. The molecule has 17 heavy (non-hydrogen) atoms. The standard InChI is InChI=1S/C11H20N4O2/c1-4-9-10(12-2)14-7-15-11(9)13-5-8(16)6-17-3/h7-8,16H,4-6H2,1-3H3,(H2,12,13,14,15). The Kier molecular flexibility index (Phi) is 5.65. The van der Waals surface area contributed by atoms with E-state index in [2.05, 4.69) is 20.6 Å². The molecule has 6 heteroatoms. The molecule has 1 unspecified atom stereocenters. The molecular formula is C11H20N4O2. The Morgan fingerprint density at radius 2 is 2.12 bits per heavy atom. The Morgan fingerprint density at radius 1 is 1.41 bits per heavy atom. The highest BCUT2D eigenvalue weighted by Crippen LogP contribution is 2.19. The minimum Gasteiger partial charge on any atom is -0.389 e. The second-order valence-corrected chi connectivity index (χ2v) is 3.64. The van der Waals surface area contributed by atoms with Crippen LogP contribution in [-0.4, -0.2) is 48.5 Å². The number of anilines is 2. The van der Waals surface area contributed by atoms with Crippen molar-refractivity contribution in [3.8, 4) is 0 Å². The SMILES string of the molecule is CCc1c(NC)ncnc1NCC(O)COC. The third-order valence-corrected chi connectivity index (χ3v) is 2.40. The van der Waals surface area contributed by atoms with Gasteiger partial charge in [0.15, 0.2) is 0 Å². The maximum Gasteiger partial charge on any atom is 0.134 e. The van der Waals surface area contributed by atoms with Crippen LogP contribution in [0.15, 0.2) is 6.33 Å². The van der Waals surface area contributed by atoms with Crippen LogP contribution in [0.5, 0.6) is 0 Å². The predicted octanol–water partition coefficient (Wildman–Crippen LogP) is 0.500. The van der Waals surface area contributed by atoms with Crippen molar-refractivity contribution >= 4 is 11.6 Å². The van der Waals surface area contributed by atoms with Crippen LogP contribution in [0.1, 0.15) is 12.5 Å². The van der Waals surface area contributed by atoms with Crippen LogP contribution in [0.4, 0.5) is 11.6 Å². The summed E-state index contributed by atoms with van der Waals surface area (Å²) in [5.74, 6) is 1.56. The van der Waals surface area contributed by atoms with Gasteiger partial charge in [-0.25, -0.2) is 9.97 Å². The van der Waals surface area contributed by atoms with Gasteiger partial charge in [0.2, 0.25) is 0 Å². The first-order valence-electron chi connectivity index (χ1n) is 5.65. The Balaban J connectivity index is 2.70. The maximum absolute atomic E-state index is 9.55. The largest absolute Gasteiger partial charge is 0.389 e. The fourth-order valence-corrected chi connectivity index (χ4v) is 1.58. The summed E-state index contributed by atoms with van der Waals surface area (Å²) in [7, 11) is 3.38. The zero-order chi connectivity index (χ0) is 12.7. The van der Waals surface area contributed by atoms with Crippen LogP contribution in [-0.2, 0) is 11.2 Å². The van der Waals surface area contributed by atoms with Gasteiger partial charge in [-0.1, -0.05) is 6.92 Å². The number of ether oxygens (including phenoxy) is 1. The van der Waals surface area contributed by atoms with Gasteiger partial charge in [0.25, 0.3) is 0 Å². The molecule has 6 nitrogen and oxygen atoms in total. The first kappa shape index (κ1) is 13.7. The number of hydrogen-bond donors (Lipinski definition) is 3. The Morgan fingerprint density at radius 3 is 2.71 bits per heavy atom. The van der Waals surface area contributed by atoms with Gasteiger partial charge in [-0.05, 0) is 6.42 Å². The molecule has 0 aliphatic rings. The number of aliphatic hydroxyl groups is 1. The van der Waals surface area contributed by atoms with Crippen molar-refractivity contribution in [2.75, 3.05) is 37.9 Å². The van der Waals surface area contributed by atoms with Crippen molar-refractivity contribution in [1.29, 1.82) is 0 Å². The van der Waals surface area contributed by atoms with Crippen molar-refractivity contribution in [3.63, 3.8) is 0 Å². The van der Waals surface area contributed by atoms with Crippen LogP contribution in [0.3, 0.4) is 0 Å². The third-order valence-electron chi connectivity index (χ3n) is 2.40. The van der Waals surface area contributed by atoms with Gasteiger partial charge in [0.1, 0.15) is 18.0 Å². The number of aromatic nitrogens is 2. The second-order valence-electron chi connectivity index (χ2n) is 3.64. The lowest BCUT2D eigenvalue weighted by Crippen LogP contribution is -2.25. The molecule has 1 aromatic heterocycles. The summed E-state index contributed by atoms with van der Waals surface area (Å²) in [5, 5.41) is 15.7. The molecule has 96 valence electrons. The highest BCUT2D eigenvalue weighted by Gasteiger charge is 2.10. The highest BCUT2D eigenvalue weighted by atomic mass is 16.5. The molecule has 0 radical (unpaired) electrons. The van der Waals surface area contributed by atoms with Gasteiger partial charge < -0.3 is 20.5 Å². The minimum atomic E-state index is -0.544. The van der Waals surface area contributed by atoms with Crippen molar-refractivity contribution < 1.29 is 9.84 Å². The fraction of sp³-hybridized carbons (Fsp3) is 0.636. The van der Waals surface area contributed by atoms with Crippen LogP contribution >= 0.6 is 0 Å². The molecule has 0 bridgehead atoms. The van der Waals surface area contributed by atoms with Gasteiger partial charge >= 0.3 is 0 Å². The van der Waals surface area contributed by atoms with E-state index in [-0.39, 0.29) is 0 Å². The predicted molar refractivity (Wildman–Crippen MR) is 67.3 cm³/mol. The zero-order valence-electron chi connectivity index (χ0n) is 10.5. The summed E-state index contributed by atoms with van der Waals surface area (Å²) < 4.78 is 4.86. The smallest absolute Gasteiger partial charge is 0.134 e. The normalized spacial score (nSPS) is 12.2. The molecule has 0 fully saturated rings. The van der Waals surface area contributed by atoms with E-state index in [0.29, 0.717) is 13.2 Å². The van der Waals surface area contributed by atoms with E-state index >= 15 is 0 Å². The number of methoxy groups -OCH3 is 1. The quantitative estimate of drug-likeness (QED) is 0.644. The Labute approximate surface area is 101 Å². The minimum absolute atomic E-state index is 0.304. The average molecular weight is 240 g/mol. The molecule has 0 aromatic carbocycles. The van der Waals surface area contributed by atoms with E-state index in [4.69, 9.17) is 4.74 Å². The molecule has 1 aromatic rings. The third kappa shape index (κ3) is 3.83. The van der Waals surface area contributed by atoms with Crippen molar-refractivity contribution in [2.45, 2.75) is 19.4 Å². The van der Waals surface area contributed by atoms with Gasteiger partial charge in [0, 0.05) is 26.3 Å². The lowest BCUT2D eigenvalue weighted by molar-refractivity contribution is 0.0727. The summed E-state index contributed by atoms with van der Waals surface area (Å²) in [6.07, 6.45) is 1.77. The molecule has 3 N–H and O–H groups in total. The molecule has 0 aliphatic heterocycles. The van der Waals surface area contributed by atoms with Gasteiger partial charge in [0.05, 0.1) is 12.7 Å². The number of nitrogens with zero attached hydrogens (tertiary/aromatic N) is 2. The van der Waals surface area contributed by atoms with E-state index in [0.717, 1.165) is 23.6 Å². The summed E-state index contributed by atoms with van der Waals surface area (Å²) in [4.78, 5) is 8.32. The van der Waals surface area contributed by atoms with Crippen molar-refractivity contribution in [1.82, 2.24) is 9.97 Å². The number of hydrogen-bond acceptors (Lipinski definition) is 6. The average Bonchev–Trinajstić information content (AvgIpc) is 2.36. The van der Waals surface area contributed by atoms with E-state index in [9.17, 15) is 5.11 Å². The van der Waals surface area contributed by atoms with Crippen LogP contribution < -0.4 is 10.6 Å². The van der Waals surface area contributed by atoms with Gasteiger partial charge in [-0.3, -0.25) is 0 Å². The molecule has 0 amide bonds. The molecule has 1 heterocycles. The maximum atomic E-state index is 9.55. The first-order valence-corrected chi connectivity index (χ1v) is 5.65. The van der Waals surface area contributed by atoms with E-state index < -0.39 is 6.10 Å². The van der Waals surface area contributed by atoms with E-state index in [1.165, 1.54) is 6.33 Å². The summed E-state index contributed by atoms with van der Waals surface area (Å²) >= 11 is 0. The van der Waals surface area contributed by atoms with Crippen LogP contribution in [0, 0.1) is 0 Å². The summed E-state index contributed by atoms with van der Waals surface area (Å²) in [6.45, 7) is 2.75. The lowest BCUT2D eigenvalue weighted by atomic mass is 10.2. The molecule has 0 saturated heterocycles. The monoisotopic (exact) mass is 240 g/mol. The van der Waals surface area contributed by atoms with Crippen molar-refractivity contribution in [2.24, 2.45) is 0 Å². The number of aliphatic hydroxyl groups excluding tert-OH is 1. The van der Waals surface area contributed by atoms with Crippen molar-refractivity contribution in [3.05, 3.63) is 11.9 Å². The first-order chi connectivity index (χ1) is 8.22. The Hall–Kier alpha value is -1.40. The Bertz CT molecular complexity index is 346. The van der Waals surface area contributed by atoms with Crippen LogP contribution in [0.2, 0.25) is 0 Å². The molecule has 1 rings (SSSR count). The zero-order valence-corrected chi connectivity index (χ0v) is 10.5. The highest BCUT2D eigenvalue weighted by molar-refractivity contribution is 5.57. The summed E-state index contributed by atoms with van der Waals surface area (Å²) in [6, 6.07) is 0. The van der Waals surface area contributed by atoms with Gasteiger partial charge in [-0.15, -0.1) is 0 Å². The fourth-order valence-electron chi connectivity index (χ4n) is 1.58. The summed E-state index contributed by atoms with van der Waals surface area (Å²) in [5.41, 5.74) is 1.01. The lowest BCUT2D eigenvalue weighted by Gasteiger charge is -2.15. The van der Waals surface area contributed by atoms with E-state index in [1.54, 1.807) is 7.11 Å². The molecular weight excluding hydrogens is 220 g/mol. The second kappa shape index (κ2) is 7.03. The molecule has 0 aliphatic carbocycles. The molecule has 0 saturated carbocycles. The van der Waals surface area contributed by atoms with Crippen LogP contribution in [0.25, 0.3) is 0 Å². The molecule has 1 atom stereocenters. The van der Waals surface area contributed by atoms with Gasteiger partial charge in [-0.2, -0.15) is 0 Å².